The molecule has 0 amide bonds. The molecule has 1 heterocycles. The van der Waals surface area contributed by atoms with E-state index in [0.29, 0.717) is 17.1 Å². The Bertz CT molecular complexity index is 214. The summed E-state index contributed by atoms with van der Waals surface area (Å²) < 4.78 is 0. The topological polar surface area (TPSA) is 29.4 Å². The van der Waals surface area contributed by atoms with Crippen LogP contribution in [0.3, 0.4) is 0 Å². The van der Waals surface area contributed by atoms with Crippen molar-refractivity contribution in [1.29, 1.82) is 0 Å². The van der Waals surface area contributed by atoms with Crippen molar-refractivity contribution in [2.45, 2.75) is 31.1 Å². The lowest BCUT2D eigenvalue weighted by Crippen LogP contribution is -2.22. The molecule has 11 heavy (non-hydrogen) atoms. The minimum Gasteiger partial charge on any atom is -0.300 e. The molecule has 1 aliphatic carbocycles. The predicted molar refractivity (Wildman–Crippen MR) is 47.1 cm³/mol. The van der Waals surface area contributed by atoms with Gasteiger partial charge in [-0.25, -0.2) is 0 Å². The van der Waals surface area contributed by atoms with Crippen LogP contribution in [-0.4, -0.2) is 22.6 Å². The molecule has 0 aromatic rings. The molecule has 0 spiro atoms. The molecule has 0 bridgehead atoms. The predicted octanol–water partition coefficient (Wildman–Crippen LogP) is 1.50. The summed E-state index contributed by atoms with van der Waals surface area (Å²) in [6, 6.07) is 0.317. The third kappa shape index (κ3) is 1.11. The molecule has 2 rings (SSSR count). The molecule has 2 aliphatic rings. The van der Waals surface area contributed by atoms with Crippen LogP contribution in [0.25, 0.3) is 0 Å². The molecule has 0 N–H and O–H groups in total. The second kappa shape index (κ2) is 2.63. The smallest absolute Gasteiger partial charge is 0.135 e. The molecule has 0 aromatic heterocycles. The average molecular weight is 169 g/mol. The second-order valence-corrected chi connectivity index (χ2v) is 4.30. The largest absolute Gasteiger partial charge is 0.300 e. The quantitative estimate of drug-likeness (QED) is 0.595. The molecule has 3 heteroatoms. The van der Waals surface area contributed by atoms with E-state index in [-0.39, 0.29) is 5.92 Å². The first-order chi connectivity index (χ1) is 5.29. The van der Waals surface area contributed by atoms with E-state index in [9.17, 15) is 4.79 Å². The van der Waals surface area contributed by atoms with Gasteiger partial charge in [0.25, 0.3) is 0 Å². The average Bonchev–Trinajstić information content (AvgIpc) is 2.41. The van der Waals surface area contributed by atoms with E-state index in [1.807, 2.05) is 5.55 Å². The van der Waals surface area contributed by atoms with Gasteiger partial charge in [-0.3, -0.25) is 9.79 Å². The minimum absolute atomic E-state index is 0.228. The Hall–Kier alpha value is -0.310. The van der Waals surface area contributed by atoms with E-state index in [4.69, 9.17) is 0 Å². The Morgan fingerprint density at radius 3 is 3.18 bits per heavy atom. The number of hydrogen-bond donors (Lipinski definition) is 0. The second-order valence-electron chi connectivity index (χ2n) is 3.21. The molecule has 1 fully saturated rings. The zero-order valence-corrected chi connectivity index (χ0v) is 7.30. The minimum atomic E-state index is 0.228. The molecule has 0 radical (unpaired) electrons. The molecule has 1 saturated carbocycles. The number of nitrogens with zero attached hydrogens (tertiary/aromatic N) is 1. The van der Waals surface area contributed by atoms with Crippen LogP contribution in [0, 0.1) is 5.92 Å². The molecule has 3 unspecified atom stereocenters. The van der Waals surface area contributed by atoms with Gasteiger partial charge >= 0.3 is 0 Å². The normalized spacial score (nSPS) is 41.0. The van der Waals surface area contributed by atoms with Crippen molar-refractivity contribution in [2.75, 3.05) is 0 Å². The number of carbonyl (C=O) groups excluding carboxylic acids is 1. The monoisotopic (exact) mass is 169 g/mol. The van der Waals surface area contributed by atoms with Gasteiger partial charge in [0.15, 0.2) is 0 Å². The molecule has 60 valence electrons. The van der Waals surface area contributed by atoms with E-state index < -0.39 is 0 Å². The summed E-state index contributed by atoms with van der Waals surface area (Å²) in [4.78, 5) is 15.4. The van der Waals surface area contributed by atoms with Crippen molar-refractivity contribution in [1.82, 2.24) is 0 Å². The van der Waals surface area contributed by atoms with Gasteiger partial charge in [0, 0.05) is 11.2 Å². The van der Waals surface area contributed by atoms with Gasteiger partial charge in [0.2, 0.25) is 0 Å². The van der Waals surface area contributed by atoms with Crippen LogP contribution in [0.1, 0.15) is 19.8 Å². The van der Waals surface area contributed by atoms with Crippen molar-refractivity contribution in [2.24, 2.45) is 10.9 Å². The van der Waals surface area contributed by atoms with E-state index in [0.717, 1.165) is 6.42 Å². The van der Waals surface area contributed by atoms with E-state index in [2.05, 4.69) is 4.99 Å². The van der Waals surface area contributed by atoms with Gasteiger partial charge in [-0.15, -0.1) is 11.8 Å². The Morgan fingerprint density at radius 1 is 1.64 bits per heavy atom. The molecule has 1 aliphatic heterocycles. The summed E-state index contributed by atoms with van der Waals surface area (Å²) in [7, 11) is 0. The molecule has 3 atom stereocenters. The number of fused-ring (bicyclic) bond motifs is 1. The molecule has 2 nitrogen and oxygen atoms in total. The van der Waals surface area contributed by atoms with Crippen molar-refractivity contribution in [3.8, 4) is 0 Å². The highest BCUT2D eigenvalue weighted by molar-refractivity contribution is 8.12. The third-order valence-corrected chi connectivity index (χ3v) is 3.65. The highest BCUT2D eigenvalue weighted by Crippen LogP contribution is 2.39. The summed E-state index contributed by atoms with van der Waals surface area (Å²) in [6.07, 6.45) is 2.22. The van der Waals surface area contributed by atoms with Crippen LogP contribution in [0.15, 0.2) is 4.99 Å². The van der Waals surface area contributed by atoms with E-state index in [1.54, 1.807) is 18.7 Å². The highest BCUT2D eigenvalue weighted by Gasteiger charge is 2.40. The van der Waals surface area contributed by atoms with Gasteiger partial charge in [-0.05, 0) is 19.8 Å². The maximum Gasteiger partial charge on any atom is 0.135 e. The van der Waals surface area contributed by atoms with Crippen LogP contribution < -0.4 is 0 Å². The number of carbonyl (C=O) groups is 1. The summed E-state index contributed by atoms with van der Waals surface area (Å²) in [5, 5.41) is 0.615. The fraction of sp³-hybridized carbons (Fsp3) is 0.750. The van der Waals surface area contributed by atoms with Crippen LogP contribution in [0.2, 0.25) is 0 Å². The molecule has 0 saturated heterocycles. The number of hydrogen-bond acceptors (Lipinski definition) is 3. The van der Waals surface area contributed by atoms with Gasteiger partial charge in [0.1, 0.15) is 5.78 Å². The van der Waals surface area contributed by atoms with Crippen LogP contribution in [0.5, 0.6) is 0 Å². The SMILES string of the molecule is CC(=O)C1CCC2SC=NC21. The Balaban J connectivity index is 2.14. The summed E-state index contributed by atoms with van der Waals surface area (Å²) in [5.74, 6) is 0.545. The van der Waals surface area contributed by atoms with Gasteiger partial charge in [-0.1, -0.05) is 0 Å². The van der Waals surface area contributed by atoms with Crippen molar-refractivity contribution >= 4 is 23.1 Å². The van der Waals surface area contributed by atoms with E-state index >= 15 is 0 Å². The van der Waals surface area contributed by atoms with Crippen molar-refractivity contribution < 1.29 is 4.79 Å². The fourth-order valence-corrected chi connectivity index (χ4v) is 2.98. The van der Waals surface area contributed by atoms with Gasteiger partial charge < -0.3 is 0 Å². The lowest BCUT2D eigenvalue weighted by Gasteiger charge is -2.11. The van der Waals surface area contributed by atoms with Crippen LogP contribution in [0.4, 0.5) is 0 Å². The molecular formula is C8H11NOS. The summed E-state index contributed by atoms with van der Waals surface area (Å²) in [6.45, 7) is 1.69. The summed E-state index contributed by atoms with van der Waals surface area (Å²) in [5.41, 5.74) is 1.91. The van der Waals surface area contributed by atoms with Gasteiger partial charge in [-0.2, -0.15) is 0 Å². The standard InChI is InChI=1S/C8H11NOS/c1-5(10)6-2-3-7-8(6)9-4-11-7/h4,6-8H,2-3H2,1H3. The Morgan fingerprint density at radius 2 is 2.45 bits per heavy atom. The highest BCUT2D eigenvalue weighted by atomic mass is 32.2. The Kier molecular flexibility index (Phi) is 1.75. The first-order valence-electron chi connectivity index (χ1n) is 3.96. The third-order valence-electron chi connectivity index (χ3n) is 2.55. The summed E-state index contributed by atoms with van der Waals surface area (Å²) >= 11 is 1.79. The number of ketones is 1. The zero-order valence-electron chi connectivity index (χ0n) is 6.49. The number of Topliss-reactive ketones (excluding diaryl/α,β-unsaturated/α-hetero) is 1. The Labute approximate surface area is 70.5 Å². The molecular weight excluding hydrogens is 158 g/mol. The molecule has 0 aromatic carbocycles. The van der Waals surface area contributed by atoms with E-state index in [1.165, 1.54) is 6.42 Å². The van der Waals surface area contributed by atoms with Crippen LogP contribution in [-0.2, 0) is 4.79 Å². The van der Waals surface area contributed by atoms with Crippen molar-refractivity contribution in [3.05, 3.63) is 0 Å². The maximum atomic E-state index is 11.1. The number of aliphatic imine (C=N–C) groups is 1. The zero-order chi connectivity index (χ0) is 7.84. The number of thioether (sulfide) groups is 1. The van der Waals surface area contributed by atoms with Crippen LogP contribution >= 0.6 is 11.8 Å². The first-order valence-corrected chi connectivity index (χ1v) is 4.91. The fourth-order valence-electron chi connectivity index (χ4n) is 1.92. The van der Waals surface area contributed by atoms with Crippen molar-refractivity contribution in [3.63, 3.8) is 0 Å². The maximum absolute atomic E-state index is 11.1. The number of rotatable bonds is 1. The first kappa shape index (κ1) is 7.35. The lowest BCUT2D eigenvalue weighted by atomic mass is 10.0. The lowest BCUT2D eigenvalue weighted by molar-refractivity contribution is -0.120. The van der Waals surface area contributed by atoms with Gasteiger partial charge in [0.05, 0.1) is 11.6 Å².